The number of nitrogens with one attached hydrogen (secondary N) is 1. The van der Waals surface area contributed by atoms with Crippen LogP contribution in [0.5, 0.6) is 5.75 Å². The van der Waals surface area contributed by atoms with E-state index in [4.69, 9.17) is 4.74 Å². The second kappa shape index (κ2) is 7.62. The lowest BCUT2D eigenvalue weighted by molar-refractivity contribution is 0.127. The Morgan fingerprint density at radius 1 is 1.35 bits per heavy atom. The van der Waals surface area contributed by atoms with Gasteiger partial charge in [-0.2, -0.15) is 0 Å². The van der Waals surface area contributed by atoms with Gasteiger partial charge in [-0.25, -0.2) is 0 Å². The Bertz CT molecular complexity index is 410. The number of aliphatic hydroxyl groups excluding tert-OH is 2. The van der Waals surface area contributed by atoms with Crippen LogP contribution in [-0.2, 0) is 0 Å². The molecule has 0 spiro atoms. The molecule has 0 amide bonds. The molecule has 4 nitrogen and oxygen atoms in total. The summed E-state index contributed by atoms with van der Waals surface area (Å²) in [4.78, 5) is 0. The van der Waals surface area contributed by atoms with Crippen molar-refractivity contribution in [2.75, 3.05) is 20.3 Å². The molecule has 0 bridgehead atoms. The maximum absolute atomic E-state index is 10.2. The van der Waals surface area contributed by atoms with E-state index in [1.807, 2.05) is 24.3 Å². The van der Waals surface area contributed by atoms with Gasteiger partial charge < -0.3 is 20.3 Å². The van der Waals surface area contributed by atoms with Crippen molar-refractivity contribution in [2.24, 2.45) is 5.92 Å². The summed E-state index contributed by atoms with van der Waals surface area (Å²) in [6.07, 6.45) is 4.00. The lowest BCUT2D eigenvalue weighted by Crippen LogP contribution is -2.41. The third kappa shape index (κ3) is 3.95. The van der Waals surface area contributed by atoms with E-state index in [9.17, 15) is 10.2 Å². The summed E-state index contributed by atoms with van der Waals surface area (Å²) in [5, 5.41) is 23.1. The van der Waals surface area contributed by atoms with Crippen LogP contribution in [0.1, 0.15) is 37.4 Å². The third-order valence-corrected chi connectivity index (χ3v) is 4.20. The molecule has 1 fully saturated rings. The lowest BCUT2D eigenvalue weighted by atomic mass is 9.85. The van der Waals surface area contributed by atoms with E-state index in [-0.39, 0.29) is 6.61 Å². The van der Waals surface area contributed by atoms with Crippen LogP contribution < -0.4 is 10.1 Å². The first-order valence-electron chi connectivity index (χ1n) is 7.41. The Labute approximate surface area is 120 Å². The first kappa shape index (κ1) is 15.3. The van der Waals surface area contributed by atoms with Crippen LogP contribution in [0.3, 0.4) is 0 Å². The van der Waals surface area contributed by atoms with E-state index >= 15 is 0 Å². The first-order valence-corrected chi connectivity index (χ1v) is 7.41. The van der Waals surface area contributed by atoms with Crippen molar-refractivity contribution < 1.29 is 14.9 Å². The zero-order valence-electron chi connectivity index (χ0n) is 12.1. The lowest BCUT2D eigenvalue weighted by Gasteiger charge is -2.31. The summed E-state index contributed by atoms with van der Waals surface area (Å²) in [5.74, 6) is 1.08. The Morgan fingerprint density at radius 2 is 2.15 bits per heavy atom. The molecule has 1 aliphatic carbocycles. The third-order valence-electron chi connectivity index (χ3n) is 4.20. The number of hydrogen-bond donors (Lipinski definition) is 3. The van der Waals surface area contributed by atoms with Crippen molar-refractivity contribution in [3.63, 3.8) is 0 Å². The molecule has 1 aliphatic rings. The predicted molar refractivity (Wildman–Crippen MR) is 78.8 cm³/mol. The van der Waals surface area contributed by atoms with Crippen LogP contribution in [0, 0.1) is 5.92 Å². The van der Waals surface area contributed by atoms with Crippen molar-refractivity contribution in [1.29, 1.82) is 0 Å². The highest BCUT2D eigenvalue weighted by Gasteiger charge is 2.24. The molecule has 0 saturated heterocycles. The van der Waals surface area contributed by atoms with Gasteiger partial charge in [0.1, 0.15) is 5.75 Å². The van der Waals surface area contributed by atoms with E-state index in [2.05, 4.69) is 5.32 Å². The van der Waals surface area contributed by atoms with Gasteiger partial charge in [0.25, 0.3) is 0 Å². The Kier molecular flexibility index (Phi) is 5.83. The molecule has 1 aromatic carbocycles. The van der Waals surface area contributed by atoms with E-state index in [0.717, 1.165) is 24.2 Å². The Morgan fingerprint density at radius 3 is 2.90 bits per heavy atom. The van der Waals surface area contributed by atoms with Gasteiger partial charge in [0.2, 0.25) is 0 Å². The maximum atomic E-state index is 10.2. The SMILES string of the molecule is COc1cccc(C(O)CNC2CCCCC2CO)c1. The standard InChI is InChI=1S/C16H25NO3/c1-20-14-7-4-6-12(9-14)16(19)10-17-15-8-3-2-5-13(15)11-18/h4,6-7,9,13,15-19H,2-3,5,8,10-11H2,1H3. The number of hydrogen-bond acceptors (Lipinski definition) is 4. The molecule has 2 rings (SSSR count). The van der Waals surface area contributed by atoms with Gasteiger partial charge in [0, 0.05) is 19.2 Å². The van der Waals surface area contributed by atoms with E-state index < -0.39 is 6.10 Å². The van der Waals surface area contributed by atoms with Gasteiger partial charge in [-0.3, -0.25) is 0 Å². The van der Waals surface area contributed by atoms with Gasteiger partial charge >= 0.3 is 0 Å². The molecule has 0 aromatic heterocycles. The molecule has 1 saturated carbocycles. The van der Waals surface area contributed by atoms with Crippen LogP contribution in [0.25, 0.3) is 0 Å². The highest BCUT2D eigenvalue weighted by Crippen LogP contribution is 2.25. The zero-order valence-corrected chi connectivity index (χ0v) is 12.1. The number of methoxy groups -OCH3 is 1. The maximum Gasteiger partial charge on any atom is 0.119 e. The van der Waals surface area contributed by atoms with Crippen molar-refractivity contribution in [3.8, 4) is 5.75 Å². The molecule has 0 aliphatic heterocycles. The molecule has 4 heteroatoms. The highest BCUT2D eigenvalue weighted by atomic mass is 16.5. The normalized spacial score (nSPS) is 24.4. The topological polar surface area (TPSA) is 61.7 Å². The smallest absolute Gasteiger partial charge is 0.119 e. The summed E-state index contributed by atoms with van der Waals surface area (Å²) < 4.78 is 5.17. The second-order valence-corrected chi connectivity index (χ2v) is 5.53. The molecular formula is C16H25NO3. The first-order chi connectivity index (χ1) is 9.74. The number of ether oxygens (including phenoxy) is 1. The minimum atomic E-state index is -0.550. The van der Waals surface area contributed by atoms with Gasteiger partial charge in [-0.1, -0.05) is 25.0 Å². The molecule has 1 aromatic rings. The Balaban J connectivity index is 1.88. The Hall–Kier alpha value is -1.10. The number of benzene rings is 1. The number of aliphatic hydroxyl groups is 2. The number of rotatable bonds is 6. The zero-order chi connectivity index (χ0) is 14.4. The molecule has 20 heavy (non-hydrogen) atoms. The summed E-state index contributed by atoms with van der Waals surface area (Å²) >= 11 is 0. The van der Waals surface area contributed by atoms with Crippen LogP contribution in [0.2, 0.25) is 0 Å². The summed E-state index contributed by atoms with van der Waals surface area (Å²) in [5.41, 5.74) is 0.855. The monoisotopic (exact) mass is 279 g/mol. The fourth-order valence-corrected chi connectivity index (χ4v) is 2.92. The molecule has 0 radical (unpaired) electrons. The fraction of sp³-hybridized carbons (Fsp3) is 0.625. The van der Waals surface area contributed by atoms with Gasteiger partial charge in [0.15, 0.2) is 0 Å². The average Bonchev–Trinajstić information content (AvgIpc) is 2.52. The van der Waals surface area contributed by atoms with E-state index in [0.29, 0.717) is 18.5 Å². The van der Waals surface area contributed by atoms with E-state index in [1.54, 1.807) is 7.11 Å². The van der Waals surface area contributed by atoms with Crippen molar-refractivity contribution >= 4 is 0 Å². The van der Waals surface area contributed by atoms with Crippen molar-refractivity contribution in [1.82, 2.24) is 5.32 Å². The van der Waals surface area contributed by atoms with Crippen molar-refractivity contribution in [2.45, 2.75) is 37.8 Å². The van der Waals surface area contributed by atoms with Crippen LogP contribution in [0.4, 0.5) is 0 Å². The quantitative estimate of drug-likeness (QED) is 0.744. The van der Waals surface area contributed by atoms with Crippen LogP contribution in [0.15, 0.2) is 24.3 Å². The van der Waals surface area contributed by atoms with Gasteiger partial charge in [-0.05, 0) is 36.5 Å². The molecule has 112 valence electrons. The minimum absolute atomic E-state index is 0.229. The minimum Gasteiger partial charge on any atom is -0.497 e. The fourth-order valence-electron chi connectivity index (χ4n) is 2.92. The predicted octanol–water partition coefficient (Wildman–Crippen LogP) is 1.87. The molecule has 3 unspecified atom stereocenters. The molecule has 0 heterocycles. The summed E-state index contributed by atoms with van der Waals surface area (Å²) in [7, 11) is 1.62. The second-order valence-electron chi connectivity index (χ2n) is 5.53. The highest BCUT2D eigenvalue weighted by molar-refractivity contribution is 5.29. The molecular weight excluding hydrogens is 254 g/mol. The van der Waals surface area contributed by atoms with Crippen molar-refractivity contribution in [3.05, 3.63) is 29.8 Å². The summed E-state index contributed by atoms with van der Waals surface area (Å²) in [6, 6.07) is 7.82. The van der Waals surface area contributed by atoms with E-state index in [1.165, 1.54) is 12.8 Å². The summed E-state index contributed by atoms with van der Waals surface area (Å²) in [6.45, 7) is 0.737. The molecule has 3 N–H and O–H groups in total. The largest absolute Gasteiger partial charge is 0.497 e. The van der Waals surface area contributed by atoms with Gasteiger partial charge in [-0.15, -0.1) is 0 Å². The van der Waals surface area contributed by atoms with Crippen LogP contribution >= 0.6 is 0 Å². The van der Waals surface area contributed by atoms with Crippen LogP contribution in [-0.4, -0.2) is 36.5 Å². The average molecular weight is 279 g/mol. The molecule has 3 atom stereocenters. The van der Waals surface area contributed by atoms with Gasteiger partial charge in [0.05, 0.1) is 13.2 Å².